The topological polar surface area (TPSA) is 89.0 Å². The summed E-state index contributed by atoms with van der Waals surface area (Å²) in [6, 6.07) is 0.483. The number of thiazole rings is 1. The van der Waals surface area contributed by atoms with E-state index >= 15 is 0 Å². The van der Waals surface area contributed by atoms with Crippen molar-refractivity contribution in [1.29, 1.82) is 0 Å². The summed E-state index contributed by atoms with van der Waals surface area (Å²) in [5.41, 5.74) is 2.77. The van der Waals surface area contributed by atoms with Crippen molar-refractivity contribution in [2.75, 3.05) is 5.32 Å². The number of hydrogen-bond donors (Lipinski definition) is 2. The first-order valence-electron chi connectivity index (χ1n) is 13.7. The lowest BCUT2D eigenvalue weighted by Crippen LogP contribution is -2.75. The number of carbonyl (C=O) groups is 1. The van der Waals surface area contributed by atoms with Gasteiger partial charge >= 0.3 is 0 Å². The third kappa shape index (κ3) is 5.42. The van der Waals surface area contributed by atoms with Gasteiger partial charge in [-0.05, 0) is 69.4 Å². The lowest BCUT2D eigenvalue weighted by molar-refractivity contribution is -0.153. The molecule has 7 rings (SSSR count). The molecular formula is C29H37N5O2S. The Kier molecular flexibility index (Phi) is 6.75. The lowest BCUT2D eigenvalue weighted by atomic mass is 9.40. The van der Waals surface area contributed by atoms with Gasteiger partial charge < -0.3 is 15.4 Å². The van der Waals surface area contributed by atoms with E-state index in [1.165, 1.54) is 43.4 Å². The van der Waals surface area contributed by atoms with Gasteiger partial charge in [0.05, 0.1) is 16.7 Å². The van der Waals surface area contributed by atoms with E-state index in [1.54, 1.807) is 0 Å². The zero-order chi connectivity index (χ0) is 25.5. The molecule has 5 aliphatic rings. The number of carbonyl (C=O) groups excluding carboxylic acids is 1. The Balaban J connectivity index is 1.01. The number of hydrogen-bond acceptors (Lipinski definition) is 7. The van der Waals surface area contributed by atoms with E-state index in [2.05, 4.69) is 32.5 Å². The Morgan fingerprint density at radius 1 is 1.14 bits per heavy atom. The van der Waals surface area contributed by atoms with E-state index in [-0.39, 0.29) is 11.8 Å². The average Bonchev–Trinajstić information content (AvgIpc) is 3.47. The van der Waals surface area contributed by atoms with Crippen LogP contribution >= 0.6 is 11.3 Å². The minimum absolute atomic E-state index is 0.0711. The summed E-state index contributed by atoms with van der Waals surface area (Å²) in [4.78, 5) is 27.4. The van der Waals surface area contributed by atoms with Gasteiger partial charge in [0.2, 0.25) is 5.91 Å². The largest absolute Gasteiger partial charge is 0.370 e. The number of nitrogens with one attached hydrogen (secondary N) is 2. The first kappa shape index (κ1) is 24.9. The van der Waals surface area contributed by atoms with Crippen LogP contribution in [0.4, 0.5) is 5.13 Å². The van der Waals surface area contributed by atoms with E-state index in [0.29, 0.717) is 40.7 Å². The number of nitrogens with zero attached hydrogens (tertiary/aromatic N) is 3. The maximum Gasteiger partial charge on any atom is 0.229 e. The number of ether oxygens (including phenoxy) is 1. The van der Waals surface area contributed by atoms with Crippen molar-refractivity contribution in [1.82, 2.24) is 20.3 Å². The Morgan fingerprint density at radius 3 is 2.54 bits per heavy atom. The molecule has 0 radical (unpaired) electrons. The summed E-state index contributed by atoms with van der Waals surface area (Å²) in [6.07, 6.45) is 22.5. The highest BCUT2D eigenvalue weighted by Gasteiger charge is 2.65. The van der Waals surface area contributed by atoms with Gasteiger partial charge in [0, 0.05) is 35.5 Å². The molecule has 5 aliphatic carbocycles. The molecule has 5 saturated carbocycles. The molecule has 37 heavy (non-hydrogen) atoms. The molecule has 0 aliphatic heterocycles. The molecule has 2 N–H and O–H groups in total. The number of allylic oxidation sites excluding steroid dienone is 1. The van der Waals surface area contributed by atoms with Crippen LogP contribution in [0.5, 0.6) is 0 Å². The molecule has 2 heterocycles. The summed E-state index contributed by atoms with van der Waals surface area (Å²) in [6.45, 7) is 4.82. The van der Waals surface area contributed by atoms with Gasteiger partial charge in [-0.1, -0.05) is 43.3 Å². The summed E-state index contributed by atoms with van der Waals surface area (Å²) >= 11 is 1.50. The van der Waals surface area contributed by atoms with Crippen LogP contribution in [0.3, 0.4) is 0 Å². The fraction of sp³-hybridized carbons (Fsp3) is 0.586. The molecule has 5 fully saturated rings. The Labute approximate surface area is 223 Å². The second-order valence-electron chi connectivity index (χ2n) is 11.9. The molecule has 0 saturated heterocycles. The molecule has 196 valence electrons. The van der Waals surface area contributed by atoms with E-state index in [0.717, 1.165) is 41.8 Å². The van der Waals surface area contributed by atoms with Crippen molar-refractivity contribution in [3.63, 3.8) is 0 Å². The van der Waals surface area contributed by atoms with Crippen molar-refractivity contribution >= 4 is 40.6 Å². The van der Waals surface area contributed by atoms with Gasteiger partial charge in [0.15, 0.2) is 11.0 Å². The number of aromatic nitrogens is 3. The fourth-order valence-electron chi connectivity index (χ4n) is 6.78. The Morgan fingerprint density at radius 2 is 1.86 bits per heavy atom. The minimum Gasteiger partial charge on any atom is -0.370 e. The smallest absolute Gasteiger partial charge is 0.229 e. The van der Waals surface area contributed by atoms with Crippen molar-refractivity contribution in [2.45, 2.75) is 95.9 Å². The van der Waals surface area contributed by atoms with E-state index in [9.17, 15) is 4.79 Å². The van der Waals surface area contributed by atoms with Gasteiger partial charge in [-0.25, -0.2) is 15.0 Å². The van der Waals surface area contributed by atoms with Crippen molar-refractivity contribution < 1.29 is 9.53 Å². The first-order chi connectivity index (χ1) is 17.9. The van der Waals surface area contributed by atoms with Crippen LogP contribution < -0.4 is 10.6 Å². The molecule has 2 bridgehead atoms. The van der Waals surface area contributed by atoms with Crippen LogP contribution in [0.1, 0.15) is 93.6 Å². The molecule has 0 unspecified atom stereocenters. The molecule has 2 aromatic heterocycles. The minimum atomic E-state index is 0.0711. The van der Waals surface area contributed by atoms with Crippen LogP contribution in [-0.2, 0) is 16.1 Å². The highest BCUT2D eigenvalue weighted by Crippen LogP contribution is 2.67. The van der Waals surface area contributed by atoms with Crippen molar-refractivity contribution in [3.8, 4) is 0 Å². The van der Waals surface area contributed by atoms with E-state index < -0.39 is 0 Å². The van der Waals surface area contributed by atoms with Crippen molar-refractivity contribution in [2.24, 2.45) is 11.3 Å². The van der Waals surface area contributed by atoms with Crippen LogP contribution in [-0.4, -0.2) is 38.5 Å². The summed E-state index contributed by atoms with van der Waals surface area (Å²) in [7, 11) is 0. The van der Waals surface area contributed by atoms with Gasteiger partial charge in [-0.3, -0.25) is 4.79 Å². The number of amides is 1. The average molecular weight is 520 g/mol. The maximum atomic E-state index is 12.8. The third-order valence-electron chi connectivity index (χ3n) is 8.45. The highest BCUT2D eigenvalue weighted by atomic mass is 32.1. The van der Waals surface area contributed by atoms with Crippen LogP contribution in [0, 0.1) is 11.3 Å². The normalized spacial score (nSPS) is 30.9. The second-order valence-corrected chi connectivity index (χ2v) is 12.9. The van der Waals surface area contributed by atoms with Gasteiger partial charge in [0.25, 0.3) is 0 Å². The zero-order valence-electron chi connectivity index (χ0n) is 21.8. The van der Waals surface area contributed by atoms with Gasteiger partial charge in [0.1, 0.15) is 6.61 Å². The third-order valence-corrected chi connectivity index (χ3v) is 9.41. The predicted molar refractivity (Wildman–Crippen MR) is 148 cm³/mol. The molecule has 1 amide bonds. The summed E-state index contributed by atoms with van der Waals surface area (Å²) < 4.78 is 5.91. The molecule has 7 nitrogen and oxygen atoms in total. The SMILES string of the molecule is C/C=C\c1nc(NC(=O)C2CC(NC34CC(C)(C3)C4)C2)sc1/C=C/c1cnc(COC2CCCC2)nc1. The Bertz CT molecular complexity index is 1170. The zero-order valence-corrected chi connectivity index (χ0v) is 22.7. The van der Waals surface area contributed by atoms with Crippen LogP contribution in [0.15, 0.2) is 18.5 Å². The summed E-state index contributed by atoms with van der Waals surface area (Å²) in [5.74, 6) is 0.873. The number of anilines is 1. The van der Waals surface area contributed by atoms with E-state index in [1.807, 2.05) is 43.6 Å². The van der Waals surface area contributed by atoms with Crippen molar-refractivity contribution in [3.05, 3.63) is 40.4 Å². The van der Waals surface area contributed by atoms with E-state index in [4.69, 9.17) is 4.74 Å². The number of rotatable bonds is 10. The lowest BCUT2D eigenvalue weighted by Gasteiger charge is -2.71. The quantitative estimate of drug-likeness (QED) is 0.410. The molecule has 2 aromatic rings. The molecular weight excluding hydrogens is 482 g/mol. The summed E-state index contributed by atoms with van der Waals surface area (Å²) in [5, 5.41) is 7.54. The van der Waals surface area contributed by atoms with Crippen LogP contribution in [0.25, 0.3) is 18.2 Å². The maximum absolute atomic E-state index is 12.8. The van der Waals surface area contributed by atoms with Crippen LogP contribution in [0.2, 0.25) is 0 Å². The predicted octanol–water partition coefficient (Wildman–Crippen LogP) is 5.85. The molecule has 8 heteroatoms. The molecule has 0 spiro atoms. The second kappa shape index (κ2) is 10.0. The first-order valence-corrected chi connectivity index (χ1v) is 14.6. The van der Waals surface area contributed by atoms with Gasteiger partial charge in [-0.2, -0.15) is 0 Å². The fourth-order valence-corrected chi connectivity index (χ4v) is 7.64. The van der Waals surface area contributed by atoms with Gasteiger partial charge in [-0.15, -0.1) is 0 Å². The molecule has 0 atom stereocenters. The highest BCUT2D eigenvalue weighted by molar-refractivity contribution is 7.16. The monoisotopic (exact) mass is 519 g/mol. The standard InChI is InChI=1S/C29H37N5O2S/c1-3-6-23-24(10-9-19-13-30-25(31-14-19)15-36-22-7-4-5-8-22)37-27(32-23)33-26(35)20-11-21(12-20)34-29-16-28(2,17-29)18-29/h3,6,9-10,13-14,20-22,34H,4-5,7-8,11-12,15-18H2,1-2H3,(H,32,33,35)/b6-3-,10-9+. The Hall–Kier alpha value is -2.42. The molecule has 0 aromatic carbocycles.